The van der Waals surface area contributed by atoms with Gasteiger partial charge in [-0.1, -0.05) is 19.4 Å². The first-order valence-corrected chi connectivity index (χ1v) is 6.59. The van der Waals surface area contributed by atoms with E-state index < -0.39 is 5.79 Å². The van der Waals surface area contributed by atoms with Crippen molar-refractivity contribution in [1.82, 2.24) is 0 Å². The molecule has 17 heavy (non-hydrogen) atoms. The second-order valence-corrected chi connectivity index (χ2v) is 5.78. The van der Waals surface area contributed by atoms with E-state index in [0.717, 1.165) is 19.3 Å². The molecular weight excluding hydrogens is 216 g/mol. The quantitative estimate of drug-likeness (QED) is 0.606. The topological polar surface area (TPSA) is 35.5 Å². The Morgan fingerprint density at radius 3 is 2.65 bits per heavy atom. The van der Waals surface area contributed by atoms with Crippen LogP contribution in [0.3, 0.4) is 0 Å². The summed E-state index contributed by atoms with van der Waals surface area (Å²) in [7, 11) is 0. The zero-order valence-electron chi connectivity index (χ0n) is 10.6. The van der Waals surface area contributed by atoms with E-state index in [9.17, 15) is 4.79 Å². The predicted octanol–water partition coefficient (Wildman–Crippen LogP) is 2.46. The van der Waals surface area contributed by atoms with Gasteiger partial charge in [0.05, 0.1) is 13.2 Å². The summed E-state index contributed by atoms with van der Waals surface area (Å²) in [5.74, 6) is 0.0877. The van der Waals surface area contributed by atoms with Gasteiger partial charge in [0.1, 0.15) is 5.78 Å². The Balaban J connectivity index is 1.96. The minimum absolute atomic E-state index is 0.0376. The molecule has 0 amide bonds. The molecule has 0 bridgehead atoms. The van der Waals surface area contributed by atoms with E-state index in [-0.39, 0.29) is 11.3 Å². The monoisotopic (exact) mass is 236 g/mol. The second-order valence-electron chi connectivity index (χ2n) is 5.78. The minimum atomic E-state index is -0.463. The third-order valence-corrected chi connectivity index (χ3v) is 4.98. The molecule has 0 aromatic carbocycles. The average Bonchev–Trinajstić information content (AvgIpc) is 2.76. The zero-order valence-corrected chi connectivity index (χ0v) is 10.6. The molecule has 0 radical (unpaired) electrons. The zero-order chi connectivity index (χ0) is 12.1. The van der Waals surface area contributed by atoms with E-state index in [2.05, 4.69) is 19.9 Å². The molecule has 3 heteroatoms. The van der Waals surface area contributed by atoms with Crippen LogP contribution < -0.4 is 0 Å². The maximum Gasteiger partial charge on any atom is 0.188 e. The Hall–Kier alpha value is -0.670. The number of carbonyl (C=O) groups is 1. The number of hydrogen-bond acceptors (Lipinski definition) is 3. The van der Waals surface area contributed by atoms with Crippen molar-refractivity contribution in [2.45, 2.75) is 45.3 Å². The standard InChI is InChI=1S/C14H20O3/c1-10-12(15)4-3-11-9-14(16-7-8-17-14)6-5-13(10,11)2/h9-10H,3-8H2,1-2H3/t10-,13+/m0/s1. The summed E-state index contributed by atoms with van der Waals surface area (Å²) in [6.45, 7) is 5.68. The fourth-order valence-electron chi connectivity index (χ4n) is 3.48. The number of fused-ring (bicyclic) bond motifs is 1. The number of allylic oxidation sites excluding steroid dienone is 1. The lowest BCUT2D eigenvalue weighted by Crippen LogP contribution is -2.44. The molecule has 0 N–H and O–H groups in total. The Kier molecular flexibility index (Phi) is 2.46. The summed E-state index contributed by atoms with van der Waals surface area (Å²) in [5, 5.41) is 0. The Morgan fingerprint density at radius 2 is 1.94 bits per heavy atom. The van der Waals surface area contributed by atoms with E-state index in [0.29, 0.717) is 25.4 Å². The molecule has 1 spiro atoms. The molecule has 1 saturated carbocycles. The van der Waals surface area contributed by atoms with Gasteiger partial charge in [-0.15, -0.1) is 0 Å². The van der Waals surface area contributed by atoms with Crippen LogP contribution in [0.1, 0.15) is 39.5 Å². The molecular formula is C14H20O3. The molecule has 0 aromatic rings. The molecule has 94 valence electrons. The molecule has 0 unspecified atom stereocenters. The van der Waals surface area contributed by atoms with Gasteiger partial charge >= 0.3 is 0 Å². The summed E-state index contributed by atoms with van der Waals surface area (Å²) in [6.07, 6.45) is 5.61. The summed E-state index contributed by atoms with van der Waals surface area (Å²) in [6, 6.07) is 0. The van der Waals surface area contributed by atoms with Crippen LogP contribution in [0.15, 0.2) is 11.6 Å². The van der Waals surface area contributed by atoms with Crippen LogP contribution in [-0.2, 0) is 14.3 Å². The van der Waals surface area contributed by atoms with Gasteiger partial charge in [-0.25, -0.2) is 0 Å². The highest BCUT2D eigenvalue weighted by molar-refractivity contribution is 5.83. The van der Waals surface area contributed by atoms with Gasteiger partial charge in [0.25, 0.3) is 0 Å². The van der Waals surface area contributed by atoms with Crippen molar-refractivity contribution in [3.8, 4) is 0 Å². The highest BCUT2D eigenvalue weighted by Gasteiger charge is 2.49. The van der Waals surface area contributed by atoms with Crippen molar-refractivity contribution in [2.24, 2.45) is 11.3 Å². The molecule has 3 aliphatic rings. The maximum absolute atomic E-state index is 11.9. The molecule has 2 fully saturated rings. The van der Waals surface area contributed by atoms with Gasteiger partial charge in [-0.2, -0.15) is 0 Å². The van der Waals surface area contributed by atoms with E-state index in [1.54, 1.807) is 0 Å². The largest absolute Gasteiger partial charge is 0.344 e. The smallest absolute Gasteiger partial charge is 0.188 e. The van der Waals surface area contributed by atoms with Crippen LogP contribution in [0.25, 0.3) is 0 Å². The van der Waals surface area contributed by atoms with Gasteiger partial charge in [0, 0.05) is 18.8 Å². The van der Waals surface area contributed by atoms with Gasteiger partial charge in [0.2, 0.25) is 0 Å². The number of carbonyl (C=O) groups excluding carboxylic acids is 1. The average molecular weight is 236 g/mol. The van der Waals surface area contributed by atoms with Crippen molar-refractivity contribution in [2.75, 3.05) is 13.2 Å². The third kappa shape index (κ3) is 1.59. The first-order valence-electron chi connectivity index (χ1n) is 6.59. The summed E-state index contributed by atoms with van der Waals surface area (Å²) in [5.41, 5.74) is 1.41. The summed E-state index contributed by atoms with van der Waals surface area (Å²) < 4.78 is 11.5. The van der Waals surface area contributed by atoms with Crippen molar-refractivity contribution in [3.63, 3.8) is 0 Å². The van der Waals surface area contributed by atoms with Crippen LogP contribution in [0.4, 0.5) is 0 Å². The fraction of sp³-hybridized carbons (Fsp3) is 0.786. The lowest BCUT2D eigenvalue weighted by atomic mass is 9.59. The molecule has 3 rings (SSSR count). The van der Waals surface area contributed by atoms with E-state index in [4.69, 9.17) is 9.47 Å². The Morgan fingerprint density at radius 1 is 1.24 bits per heavy atom. The van der Waals surface area contributed by atoms with E-state index >= 15 is 0 Å². The Labute approximate surface area is 102 Å². The third-order valence-electron chi connectivity index (χ3n) is 4.98. The van der Waals surface area contributed by atoms with Crippen molar-refractivity contribution >= 4 is 5.78 Å². The normalized spacial score (nSPS) is 40.2. The molecule has 2 atom stereocenters. The van der Waals surface area contributed by atoms with Crippen molar-refractivity contribution in [3.05, 3.63) is 11.6 Å². The summed E-state index contributed by atoms with van der Waals surface area (Å²) >= 11 is 0. The number of ether oxygens (including phenoxy) is 2. The lowest BCUT2D eigenvalue weighted by molar-refractivity contribution is -0.143. The number of Topliss-reactive ketones (excluding diaryl/α,β-unsaturated/α-hetero) is 1. The van der Waals surface area contributed by atoms with Crippen LogP contribution in [0.2, 0.25) is 0 Å². The molecule has 1 aliphatic heterocycles. The molecule has 2 aliphatic carbocycles. The van der Waals surface area contributed by atoms with Gasteiger partial charge < -0.3 is 9.47 Å². The first-order chi connectivity index (χ1) is 8.06. The number of rotatable bonds is 0. The molecule has 1 saturated heterocycles. The minimum Gasteiger partial charge on any atom is -0.344 e. The van der Waals surface area contributed by atoms with Crippen LogP contribution >= 0.6 is 0 Å². The fourth-order valence-corrected chi connectivity index (χ4v) is 3.48. The van der Waals surface area contributed by atoms with E-state index in [1.165, 1.54) is 5.57 Å². The van der Waals surface area contributed by atoms with Gasteiger partial charge in [-0.3, -0.25) is 4.79 Å². The molecule has 1 heterocycles. The number of hydrogen-bond donors (Lipinski definition) is 0. The molecule has 3 nitrogen and oxygen atoms in total. The lowest BCUT2D eigenvalue weighted by Gasteiger charge is -2.47. The van der Waals surface area contributed by atoms with Gasteiger partial charge in [-0.05, 0) is 24.3 Å². The highest BCUT2D eigenvalue weighted by atomic mass is 16.7. The van der Waals surface area contributed by atoms with Crippen LogP contribution in [0, 0.1) is 11.3 Å². The summed E-state index contributed by atoms with van der Waals surface area (Å²) in [4.78, 5) is 11.9. The molecule has 0 aromatic heterocycles. The van der Waals surface area contributed by atoms with Crippen LogP contribution in [0.5, 0.6) is 0 Å². The SMILES string of the molecule is C[C@H]1C(=O)CCC2=CC3(CC[C@@]21C)OCCO3. The van der Waals surface area contributed by atoms with Crippen molar-refractivity contribution in [1.29, 1.82) is 0 Å². The first kappa shape index (κ1) is 11.4. The van der Waals surface area contributed by atoms with E-state index in [1.807, 2.05) is 0 Å². The maximum atomic E-state index is 11.9. The van der Waals surface area contributed by atoms with Gasteiger partial charge in [0.15, 0.2) is 5.79 Å². The predicted molar refractivity (Wildman–Crippen MR) is 63.5 cm³/mol. The Bertz CT molecular complexity index is 379. The number of ketones is 1. The second kappa shape index (κ2) is 3.66. The highest BCUT2D eigenvalue weighted by Crippen LogP contribution is 2.52. The van der Waals surface area contributed by atoms with Crippen molar-refractivity contribution < 1.29 is 14.3 Å². The van der Waals surface area contributed by atoms with Crippen LogP contribution in [-0.4, -0.2) is 24.8 Å².